The molecule has 1 aliphatic rings. The van der Waals surface area contributed by atoms with Crippen LogP contribution in [0.3, 0.4) is 0 Å². The topological polar surface area (TPSA) is 75.0 Å². The van der Waals surface area contributed by atoms with E-state index in [1.807, 2.05) is 0 Å². The maximum absolute atomic E-state index is 12.4. The first-order valence-electron chi connectivity index (χ1n) is 8.76. The number of anilines is 1. The predicted octanol–water partition coefficient (Wildman–Crippen LogP) is 2.73. The largest absolute Gasteiger partial charge is 0.495 e. The molecule has 1 N–H and O–H groups in total. The van der Waals surface area contributed by atoms with E-state index < -0.39 is 0 Å². The second-order valence-electron chi connectivity index (χ2n) is 6.17. The molecule has 0 saturated carbocycles. The highest BCUT2D eigenvalue weighted by atomic mass is 35.5. The van der Waals surface area contributed by atoms with Crippen molar-refractivity contribution in [2.45, 2.75) is 6.42 Å². The molecule has 0 atom stereocenters. The molecular weight excluding hydrogens is 370 g/mol. The van der Waals surface area contributed by atoms with Crippen molar-refractivity contribution in [1.82, 2.24) is 9.80 Å². The van der Waals surface area contributed by atoms with Crippen LogP contribution < -0.4 is 10.1 Å². The maximum Gasteiger partial charge on any atom is 0.289 e. The molecule has 0 aliphatic carbocycles. The quantitative estimate of drug-likeness (QED) is 0.819. The van der Waals surface area contributed by atoms with Gasteiger partial charge in [-0.15, -0.1) is 0 Å². The summed E-state index contributed by atoms with van der Waals surface area (Å²) in [6.07, 6.45) is 1.83. The summed E-state index contributed by atoms with van der Waals surface area (Å²) in [5.41, 5.74) is 0.756. The van der Waals surface area contributed by atoms with Crippen molar-refractivity contribution in [1.29, 1.82) is 0 Å². The lowest BCUT2D eigenvalue weighted by Gasteiger charge is -2.34. The Morgan fingerprint density at radius 1 is 1.19 bits per heavy atom. The summed E-state index contributed by atoms with van der Waals surface area (Å²) in [7, 11) is 1.59. The summed E-state index contributed by atoms with van der Waals surface area (Å²) in [5.74, 6) is 0.918. The van der Waals surface area contributed by atoms with Crippen LogP contribution >= 0.6 is 11.6 Å². The Kier molecular flexibility index (Phi) is 6.24. The highest BCUT2D eigenvalue weighted by molar-refractivity contribution is 6.30. The minimum absolute atomic E-state index is 0.0496. The van der Waals surface area contributed by atoms with Gasteiger partial charge in [0.15, 0.2) is 5.76 Å². The number of rotatable bonds is 6. The van der Waals surface area contributed by atoms with Crippen molar-refractivity contribution < 1.29 is 18.7 Å². The van der Waals surface area contributed by atoms with Crippen molar-refractivity contribution in [3.8, 4) is 5.75 Å². The molecule has 0 bridgehead atoms. The Morgan fingerprint density at radius 2 is 1.93 bits per heavy atom. The summed E-state index contributed by atoms with van der Waals surface area (Å²) in [6.45, 7) is 2.51. The Balaban J connectivity index is 1.45. The van der Waals surface area contributed by atoms with Crippen molar-refractivity contribution in [3.05, 3.63) is 47.4 Å². The van der Waals surface area contributed by atoms with Crippen LogP contribution in [0.2, 0.25) is 5.02 Å². The zero-order valence-corrected chi connectivity index (χ0v) is 15.9. The number of furan rings is 1. The molecule has 0 radical (unpaired) electrons. The van der Waals surface area contributed by atoms with Gasteiger partial charge >= 0.3 is 0 Å². The third-order valence-corrected chi connectivity index (χ3v) is 4.70. The lowest BCUT2D eigenvalue weighted by Crippen LogP contribution is -2.50. The van der Waals surface area contributed by atoms with Crippen LogP contribution in [-0.2, 0) is 4.79 Å². The fourth-order valence-corrected chi connectivity index (χ4v) is 3.17. The lowest BCUT2D eigenvalue weighted by atomic mass is 10.2. The third kappa shape index (κ3) is 4.74. The van der Waals surface area contributed by atoms with Crippen LogP contribution in [0.4, 0.5) is 5.69 Å². The number of piperazine rings is 1. The normalized spacial score (nSPS) is 14.1. The number of benzene rings is 1. The standard InChI is InChI=1S/C19H22ClN3O4/c1-26-16-5-4-14(20)13-15(16)21-7-6-18(24)22-8-10-23(11-9-22)19(25)17-3-2-12-27-17/h2-5,12-13,21H,6-11H2,1H3. The highest BCUT2D eigenvalue weighted by Crippen LogP contribution is 2.27. The third-order valence-electron chi connectivity index (χ3n) is 4.47. The van der Waals surface area contributed by atoms with E-state index >= 15 is 0 Å². The number of hydrogen-bond donors (Lipinski definition) is 1. The van der Waals surface area contributed by atoms with Gasteiger partial charge in [0.2, 0.25) is 5.91 Å². The zero-order chi connectivity index (χ0) is 19.2. The van der Waals surface area contributed by atoms with Gasteiger partial charge in [0.05, 0.1) is 19.1 Å². The first-order chi connectivity index (χ1) is 13.1. The molecule has 2 heterocycles. The van der Waals surface area contributed by atoms with E-state index in [0.29, 0.717) is 55.7 Å². The maximum atomic E-state index is 12.4. The molecule has 3 rings (SSSR count). The molecule has 27 heavy (non-hydrogen) atoms. The van der Waals surface area contributed by atoms with Gasteiger partial charge in [-0.05, 0) is 30.3 Å². The van der Waals surface area contributed by atoms with Gasteiger partial charge in [-0.2, -0.15) is 0 Å². The molecule has 2 amide bonds. The van der Waals surface area contributed by atoms with Crippen molar-refractivity contribution >= 4 is 29.1 Å². The van der Waals surface area contributed by atoms with Crippen molar-refractivity contribution in [2.24, 2.45) is 0 Å². The van der Waals surface area contributed by atoms with Crippen LogP contribution in [0.15, 0.2) is 41.0 Å². The fraction of sp³-hybridized carbons (Fsp3) is 0.368. The lowest BCUT2D eigenvalue weighted by molar-refractivity contribution is -0.132. The van der Waals surface area contributed by atoms with Gasteiger partial charge in [0.1, 0.15) is 5.75 Å². The Bertz CT molecular complexity index is 786. The van der Waals surface area contributed by atoms with Gasteiger partial charge in [0, 0.05) is 44.2 Å². The molecule has 1 fully saturated rings. The Hall–Kier alpha value is -2.67. The molecule has 144 valence electrons. The Morgan fingerprint density at radius 3 is 2.59 bits per heavy atom. The summed E-state index contributed by atoms with van der Waals surface area (Å²) in [4.78, 5) is 28.2. The Labute approximate surface area is 162 Å². The number of nitrogens with one attached hydrogen (secondary N) is 1. The number of halogens is 1. The molecule has 1 aromatic carbocycles. The van der Waals surface area contributed by atoms with Crippen LogP contribution in [0.5, 0.6) is 5.75 Å². The molecular formula is C19H22ClN3O4. The van der Waals surface area contributed by atoms with E-state index in [1.165, 1.54) is 6.26 Å². The smallest absolute Gasteiger partial charge is 0.289 e. The van der Waals surface area contributed by atoms with Crippen LogP contribution in [-0.4, -0.2) is 61.4 Å². The molecule has 1 saturated heterocycles. The molecule has 7 nitrogen and oxygen atoms in total. The second-order valence-corrected chi connectivity index (χ2v) is 6.61. The summed E-state index contributed by atoms with van der Waals surface area (Å²) < 4.78 is 10.4. The minimum Gasteiger partial charge on any atom is -0.495 e. The molecule has 2 aromatic rings. The van der Waals surface area contributed by atoms with Crippen LogP contribution in [0.25, 0.3) is 0 Å². The number of carbonyl (C=O) groups excluding carboxylic acids is 2. The van der Waals surface area contributed by atoms with Gasteiger partial charge in [-0.3, -0.25) is 9.59 Å². The van der Waals surface area contributed by atoms with E-state index in [-0.39, 0.29) is 11.8 Å². The van der Waals surface area contributed by atoms with E-state index in [1.54, 1.807) is 47.2 Å². The van der Waals surface area contributed by atoms with Gasteiger partial charge < -0.3 is 24.3 Å². The average Bonchev–Trinajstić information content (AvgIpc) is 3.22. The fourth-order valence-electron chi connectivity index (χ4n) is 3.00. The molecule has 0 unspecified atom stereocenters. The number of carbonyl (C=O) groups is 2. The number of ether oxygens (including phenoxy) is 1. The first kappa shape index (κ1) is 19.1. The average molecular weight is 392 g/mol. The monoisotopic (exact) mass is 391 g/mol. The van der Waals surface area contributed by atoms with E-state index in [2.05, 4.69) is 5.32 Å². The number of nitrogens with zero attached hydrogens (tertiary/aromatic N) is 2. The van der Waals surface area contributed by atoms with E-state index in [9.17, 15) is 9.59 Å². The SMILES string of the molecule is COc1ccc(Cl)cc1NCCC(=O)N1CCN(C(=O)c2ccco2)CC1. The highest BCUT2D eigenvalue weighted by Gasteiger charge is 2.25. The van der Waals surface area contributed by atoms with Crippen molar-refractivity contribution in [2.75, 3.05) is 45.2 Å². The molecule has 1 aliphatic heterocycles. The molecule has 8 heteroatoms. The van der Waals surface area contributed by atoms with E-state index in [0.717, 1.165) is 5.69 Å². The second kappa shape index (κ2) is 8.81. The van der Waals surface area contributed by atoms with Crippen molar-refractivity contribution in [3.63, 3.8) is 0 Å². The van der Waals surface area contributed by atoms with Crippen LogP contribution in [0, 0.1) is 0 Å². The van der Waals surface area contributed by atoms with Gasteiger partial charge in [-0.25, -0.2) is 0 Å². The number of amides is 2. The van der Waals surface area contributed by atoms with E-state index in [4.69, 9.17) is 20.8 Å². The summed E-state index contributed by atoms with van der Waals surface area (Å²) in [5, 5.41) is 3.79. The van der Waals surface area contributed by atoms with Gasteiger partial charge in [0.25, 0.3) is 5.91 Å². The first-order valence-corrected chi connectivity index (χ1v) is 9.14. The predicted molar refractivity (Wildman–Crippen MR) is 102 cm³/mol. The summed E-state index contributed by atoms with van der Waals surface area (Å²) in [6, 6.07) is 8.64. The minimum atomic E-state index is -0.137. The zero-order valence-electron chi connectivity index (χ0n) is 15.1. The number of hydrogen-bond acceptors (Lipinski definition) is 5. The van der Waals surface area contributed by atoms with Gasteiger partial charge in [-0.1, -0.05) is 11.6 Å². The molecule has 0 spiro atoms. The summed E-state index contributed by atoms with van der Waals surface area (Å²) >= 11 is 6.00. The number of methoxy groups -OCH3 is 1. The molecule has 1 aromatic heterocycles. The van der Waals surface area contributed by atoms with Crippen LogP contribution in [0.1, 0.15) is 17.0 Å².